The first-order valence-corrected chi connectivity index (χ1v) is 5.27. The number of benzene rings is 1. The van der Waals surface area contributed by atoms with Crippen molar-refractivity contribution < 1.29 is 9.66 Å². The van der Waals surface area contributed by atoms with Gasteiger partial charge in [-0.2, -0.15) is 0 Å². The maximum atomic E-state index is 10.3. The monoisotopic (exact) mass is 232 g/mol. The van der Waals surface area contributed by atoms with Crippen LogP contribution in [-0.2, 0) is 0 Å². The molecule has 17 heavy (non-hydrogen) atoms. The molecule has 0 aliphatic carbocycles. The first-order chi connectivity index (χ1) is 8.22. The molecule has 0 aliphatic rings. The van der Waals surface area contributed by atoms with Crippen molar-refractivity contribution >= 4 is 17.0 Å². The average molecular weight is 232 g/mol. The van der Waals surface area contributed by atoms with E-state index in [0.717, 1.165) is 28.4 Å². The molecule has 2 aromatic rings. The van der Waals surface area contributed by atoms with E-state index in [2.05, 4.69) is 4.98 Å². The van der Waals surface area contributed by atoms with Crippen LogP contribution >= 0.6 is 0 Å². The minimum absolute atomic E-state index is 0.481. The number of H-pyrrole nitrogens is 1. The molecule has 0 unspecified atom stereocenters. The van der Waals surface area contributed by atoms with Gasteiger partial charge in [0.1, 0.15) is 5.75 Å². The largest absolute Gasteiger partial charge is 0.492 e. The van der Waals surface area contributed by atoms with E-state index >= 15 is 0 Å². The highest BCUT2D eigenvalue weighted by Gasteiger charge is 2.06. The molecular weight excluding hydrogens is 220 g/mol. The summed E-state index contributed by atoms with van der Waals surface area (Å²) in [6, 6.07) is 5.63. The fraction of sp³-hybridized carbons (Fsp3) is 0.167. The van der Waals surface area contributed by atoms with E-state index in [1.807, 2.05) is 25.1 Å². The van der Waals surface area contributed by atoms with Gasteiger partial charge in [0, 0.05) is 23.2 Å². The second kappa shape index (κ2) is 4.69. The summed E-state index contributed by atoms with van der Waals surface area (Å²) in [5.41, 5.74) is 1.63. The Morgan fingerprint density at radius 1 is 1.53 bits per heavy atom. The zero-order chi connectivity index (χ0) is 12.3. The van der Waals surface area contributed by atoms with Gasteiger partial charge in [-0.1, -0.05) is 12.1 Å². The minimum Gasteiger partial charge on any atom is -0.492 e. The van der Waals surface area contributed by atoms with Gasteiger partial charge in [-0.15, -0.1) is 0 Å². The van der Waals surface area contributed by atoms with E-state index < -0.39 is 4.92 Å². The normalized spacial score (nSPS) is 11.1. The molecule has 1 aromatic carbocycles. The van der Waals surface area contributed by atoms with Gasteiger partial charge in [-0.05, 0) is 13.0 Å². The lowest BCUT2D eigenvalue weighted by Gasteiger charge is -2.03. The van der Waals surface area contributed by atoms with E-state index in [1.54, 1.807) is 6.20 Å². The van der Waals surface area contributed by atoms with Crippen LogP contribution in [0.4, 0.5) is 0 Å². The summed E-state index contributed by atoms with van der Waals surface area (Å²) in [5, 5.41) is 11.2. The summed E-state index contributed by atoms with van der Waals surface area (Å²) in [4.78, 5) is 12.9. The van der Waals surface area contributed by atoms with Crippen LogP contribution in [0.2, 0.25) is 0 Å². The molecule has 0 atom stereocenters. The second-order valence-electron chi connectivity index (χ2n) is 3.46. The van der Waals surface area contributed by atoms with Crippen molar-refractivity contribution in [3.8, 4) is 5.75 Å². The maximum absolute atomic E-state index is 10.3. The van der Waals surface area contributed by atoms with Crippen LogP contribution in [-0.4, -0.2) is 16.5 Å². The van der Waals surface area contributed by atoms with Gasteiger partial charge in [0.2, 0.25) is 6.20 Å². The molecule has 0 aliphatic heterocycles. The molecule has 0 saturated heterocycles. The highest BCUT2D eigenvalue weighted by Crippen LogP contribution is 2.27. The summed E-state index contributed by atoms with van der Waals surface area (Å²) in [7, 11) is 0. The van der Waals surface area contributed by atoms with Crippen LogP contribution in [0.25, 0.3) is 17.0 Å². The molecule has 1 N–H and O–H groups in total. The molecule has 0 saturated carbocycles. The van der Waals surface area contributed by atoms with Crippen LogP contribution < -0.4 is 4.74 Å². The maximum Gasteiger partial charge on any atom is 0.235 e. The molecule has 0 fully saturated rings. The number of ether oxygens (including phenoxy) is 1. The lowest BCUT2D eigenvalue weighted by molar-refractivity contribution is -0.400. The zero-order valence-electron chi connectivity index (χ0n) is 9.34. The Bertz CT molecular complexity index is 572. The van der Waals surface area contributed by atoms with Gasteiger partial charge >= 0.3 is 0 Å². The Balaban J connectivity index is 2.47. The standard InChI is InChI=1S/C12H12N2O3/c1-2-17-11-5-3-4-10-9(6-7-14(15)16)8-13-12(10)11/h3-8,13H,2H2,1H3/b7-6-. The van der Waals surface area contributed by atoms with Crippen LogP contribution in [0.1, 0.15) is 12.5 Å². The number of hydrogen-bond donors (Lipinski definition) is 1. The molecule has 0 bridgehead atoms. The molecule has 5 nitrogen and oxygen atoms in total. The first kappa shape index (κ1) is 11.2. The molecule has 1 aromatic heterocycles. The smallest absolute Gasteiger partial charge is 0.235 e. The predicted octanol–water partition coefficient (Wildman–Crippen LogP) is 2.81. The van der Waals surface area contributed by atoms with Crippen molar-refractivity contribution in [2.45, 2.75) is 6.92 Å². The molecule has 0 spiro atoms. The average Bonchev–Trinajstić information content (AvgIpc) is 2.71. The van der Waals surface area contributed by atoms with E-state index in [1.165, 1.54) is 6.08 Å². The highest BCUT2D eigenvalue weighted by molar-refractivity contribution is 5.92. The Labute approximate surface area is 97.9 Å². The first-order valence-electron chi connectivity index (χ1n) is 5.27. The second-order valence-corrected chi connectivity index (χ2v) is 3.46. The van der Waals surface area contributed by atoms with E-state index in [-0.39, 0.29) is 0 Å². The fourth-order valence-electron chi connectivity index (χ4n) is 1.70. The number of para-hydroxylation sites is 1. The van der Waals surface area contributed by atoms with Gasteiger partial charge < -0.3 is 9.72 Å². The number of nitrogens with one attached hydrogen (secondary N) is 1. The van der Waals surface area contributed by atoms with Crippen LogP contribution in [0.15, 0.2) is 30.6 Å². The number of aromatic amines is 1. The third-order valence-electron chi connectivity index (χ3n) is 2.38. The van der Waals surface area contributed by atoms with Gasteiger partial charge in [-0.3, -0.25) is 10.1 Å². The van der Waals surface area contributed by atoms with Gasteiger partial charge in [0.25, 0.3) is 0 Å². The Hall–Kier alpha value is -2.30. The van der Waals surface area contributed by atoms with Gasteiger partial charge in [0.05, 0.1) is 17.0 Å². The fourth-order valence-corrected chi connectivity index (χ4v) is 1.70. The van der Waals surface area contributed by atoms with Crippen molar-refractivity contribution in [2.75, 3.05) is 6.61 Å². The quantitative estimate of drug-likeness (QED) is 0.651. The number of rotatable bonds is 4. The van der Waals surface area contributed by atoms with Gasteiger partial charge in [-0.25, -0.2) is 0 Å². The van der Waals surface area contributed by atoms with E-state index in [9.17, 15) is 10.1 Å². The van der Waals surface area contributed by atoms with Crippen molar-refractivity contribution in [2.24, 2.45) is 0 Å². The number of aromatic nitrogens is 1. The van der Waals surface area contributed by atoms with E-state index in [4.69, 9.17) is 4.74 Å². The van der Waals surface area contributed by atoms with Crippen molar-refractivity contribution in [3.63, 3.8) is 0 Å². The van der Waals surface area contributed by atoms with E-state index in [0.29, 0.717) is 6.61 Å². The predicted molar refractivity (Wildman–Crippen MR) is 65.5 cm³/mol. The summed E-state index contributed by atoms with van der Waals surface area (Å²) in [5.74, 6) is 0.755. The third-order valence-corrected chi connectivity index (χ3v) is 2.38. The summed E-state index contributed by atoms with van der Waals surface area (Å²) in [6.07, 6.45) is 4.12. The van der Waals surface area contributed by atoms with Crippen LogP contribution in [0.3, 0.4) is 0 Å². The zero-order valence-corrected chi connectivity index (χ0v) is 9.34. The van der Waals surface area contributed by atoms with Crippen LogP contribution in [0.5, 0.6) is 5.75 Å². The molecule has 1 heterocycles. The summed E-state index contributed by atoms with van der Waals surface area (Å²) in [6.45, 7) is 2.49. The molecule has 0 amide bonds. The Kier molecular flexibility index (Phi) is 3.09. The summed E-state index contributed by atoms with van der Waals surface area (Å²) >= 11 is 0. The Morgan fingerprint density at radius 2 is 2.35 bits per heavy atom. The number of nitro groups is 1. The lowest BCUT2D eigenvalue weighted by atomic mass is 10.1. The number of hydrogen-bond acceptors (Lipinski definition) is 3. The van der Waals surface area contributed by atoms with Crippen molar-refractivity contribution in [1.82, 2.24) is 4.98 Å². The van der Waals surface area contributed by atoms with Crippen LogP contribution in [0, 0.1) is 10.1 Å². The highest BCUT2D eigenvalue weighted by atomic mass is 16.6. The Morgan fingerprint density at radius 3 is 3.06 bits per heavy atom. The van der Waals surface area contributed by atoms with Gasteiger partial charge in [0.15, 0.2) is 0 Å². The van der Waals surface area contributed by atoms with Crippen molar-refractivity contribution in [3.05, 3.63) is 46.3 Å². The lowest BCUT2D eigenvalue weighted by Crippen LogP contribution is -1.91. The van der Waals surface area contributed by atoms with Crippen molar-refractivity contribution in [1.29, 1.82) is 0 Å². The molecule has 5 heteroatoms. The minimum atomic E-state index is -0.481. The SMILES string of the molecule is CCOc1cccc2c(/C=C\[N+](=O)[O-])c[nH]c12. The number of fused-ring (bicyclic) bond motifs is 1. The topological polar surface area (TPSA) is 68.2 Å². The third kappa shape index (κ3) is 2.28. The number of nitrogens with zero attached hydrogens (tertiary/aromatic N) is 1. The molecule has 2 rings (SSSR count). The summed E-state index contributed by atoms with van der Waals surface area (Å²) < 4.78 is 5.47. The molecular formula is C12H12N2O3. The molecule has 88 valence electrons. The molecule has 0 radical (unpaired) electrons.